The third-order valence-corrected chi connectivity index (χ3v) is 3.55. The lowest BCUT2D eigenvalue weighted by Gasteiger charge is -2.04. The van der Waals surface area contributed by atoms with Gasteiger partial charge >= 0.3 is 0 Å². The summed E-state index contributed by atoms with van der Waals surface area (Å²) in [4.78, 5) is 0. The molecule has 3 heteroatoms. The molecule has 0 atom stereocenters. The first-order valence-electron chi connectivity index (χ1n) is 6.88. The molecule has 0 aliphatic rings. The summed E-state index contributed by atoms with van der Waals surface area (Å²) < 4.78 is 1.88. The van der Waals surface area contributed by atoms with Crippen LogP contribution in [0.25, 0.3) is 27.8 Å². The van der Waals surface area contributed by atoms with Gasteiger partial charge in [0.1, 0.15) is 5.52 Å². The fourth-order valence-electron chi connectivity index (χ4n) is 2.49. The lowest BCUT2D eigenvalue weighted by atomic mass is 10.1. The van der Waals surface area contributed by atoms with Crippen LogP contribution in [-0.4, -0.2) is 15.0 Å². The van der Waals surface area contributed by atoms with E-state index in [2.05, 4.69) is 34.6 Å². The molecule has 0 N–H and O–H groups in total. The van der Waals surface area contributed by atoms with Crippen molar-refractivity contribution in [2.45, 2.75) is 0 Å². The predicted octanol–water partition coefficient (Wildman–Crippen LogP) is 4.09. The van der Waals surface area contributed by atoms with Crippen molar-refractivity contribution in [2.75, 3.05) is 0 Å². The van der Waals surface area contributed by atoms with E-state index in [1.54, 1.807) is 0 Å². The average molecular weight is 271 g/mol. The molecule has 100 valence electrons. The van der Waals surface area contributed by atoms with E-state index in [-0.39, 0.29) is 0 Å². The van der Waals surface area contributed by atoms with Crippen molar-refractivity contribution in [2.24, 2.45) is 0 Å². The van der Waals surface area contributed by atoms with Gasteiger partial charge in [0.15, 0.2) is 0 Å². The second-order valence-electron chi connectivity index (χ2n) is 4.91. The van der Waals surface area contributed by atoms with Gasteiger partial charge in [0.25, 0.3) is 0 Å². The second-order valence-corrected chi connectivity index (χ2v) is 4.91. The summed E-state index contributed by atoms with van der Waals surface area (Å²) in [6.07, 6.45) is 0. The van der Waals surface area contributed by atoms with Gasteiger partial charge in [0.2, 0.25) is 0 Å². The molecular formula is C18H13N3. The van der Waals surface area contributed by atoms with Crippen LogP contribution in [0.4, 0.5) is 0 Å². The van der Waals surface area contributed by atoms with Gasteiger partial charge in [0.05, 0.1) is 11.2 Å². The molecule has 0 spiro atoms. The average Bonchev–Trinajstić information content (AvgIpc) is 2.99. The molecule has 0 bridgehead atoms. The Kier molecular flexibility index (Phi) is 2.75. The Labute approximate surface area is 122 Å². The largest absolute Gasteiger partial charge is 0.213 e. The van der Waals surface area contributed by atoms with Crippen LogP contribution in [0, 0.1) is 0 Å². The van der Waals surface area contributed by atoms with Crippen molar-refractivity contribution >= 4 is 11.0 Å². The minimum Gasteiger partial charge on any atom is -0.213 e. The van der Waals surface area contributed by atoms with Gasteiger partial charge in [-0.25, -0.2) is 4.68 Å². The van der Waals surface area contributed by atoms with Crippen molar-refractivity contribution in [1.82, 2.24) is 15.0 Å². The number of aromatic nitrogens is 3. The minimum atomic E-state index is 0.901. The van der Waals surface area contributed by atoms with Gasteiger partial charge in [-0.05, 0) is 35.4 Å². The Morgan fingerprint density at radius 2 is 1.38 bits per heavy atom. The molecule has 3 aromatic carbocycles. The molecule has 0 aliphatic carbocycles. The molecule has 0 saturated carbocycles. The first kappa shape index (κ1) is 11.9. The Hall–Kier alpha value is -2.94. The maximum atomic E-state index is 4.27. The van der Waals surface area contributed by atoms with E-state index in [9.17, 15) is 0 Å². The summed E-state index contributed by atoms with van der Waals surface area (Å²) in [5, 5.41) is 8.51. The highest BCUT2D eigenvalue weighted by Gasteiger charge is 2.07. The fraction of sp³-hybridized carbons (Fsp3) is 0. The zero-order chi connectivity index (χ0) is 14.1. The van der Waals surface area contributed by atoms with E-state index in [0.717, 1.165) is 16.7 Å². The minimum absolute atomic E-state index is 0.901. The molecule has 21 heavy (non-hydrogen) atoms. The molecule has 1 heterocycles. The monoisotopic (exact) mass is 271 g/mol. The van der Waals surface area contributed by atoms with Gasteiger partial charge in [-0.15, -0.1) is 5.10 Å². The normalized spacial score (nSPS) is 10.9. The number of nitrogens with zero attached hydrogens (tertiary/aromatic N) is 3. The smallest absolute Gasteiger partial charge is 0.113 e. The highest BCUT2D eigenvalue weighted by atomic mass is 15.4. The lowest BCUT2D eigenvalue weighted by Crippen LogP contribution is -1.95. The molecular weight excluding hydrogens is 258 g/mol. The van der Waals surface area contributed by atoms with Crippen molar-refractivity contribution in [3.63, 3.8) is 0 Å². The Balaban J connectivity index is 1.91. The number of benzene rings is 3. The molecule has 0 fully saturated rings. The molecule has 0 aliphatic heterocycles. The van der Waals surface area contributed by atoms with Crippen molar-refractivity contribution in [1.29, 1.82) is 0 Å². The molecule has 4 aromatic rings. The van der Waals surface area contributed by atoms with Crippen LogP contribution in [0.1, 0.15) is 0 Å². The third-order valence-electron chi connectivity index (χ3n) is 3.55. The van der Waals surface area contributed by atoms with E-state index in [1.165, 1.54) is 11.1 Å². The SMILES string of the molecule is c1ccc(-c2ccc3nnn(-c4ccccc4)c3c2)cc1. The molecule has 4 rings (SSSR count). The first-order valence-corrected chi connectivity index (χ1v) is 6.88. The van der Waals surface area contributed by atoms with Gasteiger partial charge in [-0.3, -0.25) is 0 Å². The van der Waals surface area contributed by atoms with E-state index >= 15 is 0 Å². The van der Waals surface area contributed by atoms with Crippen LogP contribution in [0.5, 0.6) is 0 Å². The Bertz CT molecular complexity index is 880. The van der Waals surface area contributed by atoms with Crippen LogP contribution in [0.15, 0.2) is 78.9 Å². The van der Waals surface area contributed by atoms with Crippen LogP contribution in [-0.2, 0) is 0 Å². The number of fused-ring (bicyclic) bond motifs is 1. The van der Waals surface area contributed by atoms with Crippen LogP contribution in [0.2, 0.25) is 0 Å². The van der Waals surface area contributed by atoms with Gasteiger partial charge in [0, 0.05) is 0 Å². The van der Waals surface area contributed by atoms with Crippen molar-refractivity contribution < 1.29 is 0 Å². The van der Waals surface area contributed by atoms with Gasteiger partial charge in [-0.2, -0.15) is 0 Å². The first-order chi connectivity index (χ1) is 10.4. The van der Waals surface area contributed by atoms with E-state index < -0.39 is 0 Å². The van der Waals surface area contributed by atoms with Crippen molar-refractivity contribution in [3.05, 3.63) is 78.9 Å². The molecule has 0 unspecified atom stereocenters. The third kappa shape index (κ3) is 2.09. The van der Waals surface area contributed by atoms with Crippen LogP contribution >= 0.6 is 0 Å². The molecule has 0 radical (unpaired) electrons. The summed E-state index contributed by atoms with van der Waals surface area (Å²) in [5.74, 6) is 0. The van der Waals surface area contributed by atoms with E-state index in [4.69, 9.17) is 0 Å². The number of hydrogen-bond acceptors (Lipinski definition) is 2. The maximum Gasteiger partial charge on any atom is 0.113 e. The second kappa shape index (κ2) is 4.87. The molecule has 0 amide bonds. The quantitative estimate of drug-likeness (QED) is 0.550. The summed E-state index contributed by atoms with van der Waals surface area (Å²) in [7, 11) is 0. The number of para-hydroxylation sites is 1. The zero-order valence-corrected chi connectivity index (χ0v) is 11.3. The number of rotatable bonds is 2. The standard InChI is InChI=1S/C18H13N3/c1-3-7-14(8-4-1)15-11-12-17-18(13-15)21(20-19-17)16-9-5-2-6-10-16/h1-13H. The number of hydrogen-bond donors (Lipinski definition) is 0. The summed E-state index contributed by atoms with van der Waals surface area (Å²) >= 11 is 0. The lowest BCUT2D eigenvalue weighted by molar-refractivity contribution is 0.824. The molecule has 0 saturated heterocycles. The van der Waals surface area contributed by atoms with Gasteiger partial charge in [-0.1, -0.05) is 59.8 Å². The summed E-state index contributed by atoms with van der Waals surface area (Å²) in [6, 6.07) is 26.6. The summed E-state index contributed by atoms with van der Waals surface area (Å²) in [6.45, 7) is 0. The molecule has 1 aromatic heterocycles. The zero-order valence-electron chi connectivity index (χ0n) is 11.3. The highest BCUT2D eigenvalue weighted by Crippen LogP contribution is 2.24. The van der Waals surface area contributed by atoms with Gasteiger partial charge < -0.3 is 0 Å². The summed E-state index contributed by atoms with van der Waals surface area (Å²) in [5.41, 5.74) is 5.30. The highest BCUT2D eigenvalue weighted by molar-refractivity contribution is 5.82. The topological polar surface area (TPSA) is 30.7 Å². The van der Waals surface area contributed by atoms with E-state index in [0.29, 0.717) is 0 Å². The molecule has 3 nitrogen and oxygen atoms in total. The Morgan fingerprint density at radius 3 is 2.14 bits per heavy atom. The Morgan fingerprint density at radius 1 is 0.667 bits per heavy atom. The predicted molar refractivity (Wildman–Crippen MR) is 84.3 cm³/mol. The van der Waals surface area contributed by atoms with Crippen molar-refractivity contribution in [3.8, 4) is 16.8 Å². The van der Waals surface area contributed by atoms with Crippen LogP contribution in [0.3, 0.4) is 0 Å². The fourth-order valence-corrected chi connectivity index (χ4v) is 2.49. The van der Waals surface area contributed by atoms with Crippen LogP contribution < -0.4 is 0 Å². The maximum absolute atomic E-state index is 4.27. The van der Waals surface area contributed by atoms with E-state index in [1.807, 2.05) is 59.3 Å².